The Morgan fingerprint density at radius 1 is 1.37 bits per heavy atom. The molecule has 4 atom stereocenters. The molecule has 0 amide bonds. The molecule has 0 radical (unpaired) electrons. The topological polar surface area (TPSA) is 21.3 Å². The van der Waals surface area contributed by atoms with Crippen LogP contribution in [0.4, 0.5) is 0 Å². The third-order valence-electron chi connectivity index (χ3n) is 4.70. The van der Waals surface area contributed by atoms with E-state index in [2.05, 4.69) is 42.6 Å². The second-order valence-electron chi connectivity index (χ2n) is 5.71. The van der Waals surface area contributed by atoms with E-state index in [1.807, 2.05) is 6.07 Å². The van der Waals surface area contributed by atoms with E-state index in [4.69, 9.17) is 4.74 Å². The Bertz CT molecular complexity index is 468. The van der Waals surface area contributed by atoms with E-state index in [9.17, 15) is 0 Å². The average molecular weight is 257 g/mol. The largest absolute Gasteiger partial charge is 0.496 e. The maximum absolute atomic E-state index is 5.49. The van der Waals surface area contributed by atoms with Crippen molar-refractivity contribution in [3.05, 3.63) is 42.0 Å². The maximum Gasteiger partial charge on any atom is 0.123 e. The molecule has 19 heavy (non-hydrogen) atoms. The van der Waals surface area contributed by atoms with Gasteiger partial charge in [-0.15, -0.1) is 0 Å². The first-order valence-corrected chi connectivity index (χ1v) is 7.39. The molecule has 1 saturated carbocycles. The smallest absolute Gasteiger partial charge is 0.123 e. The Kier molecular flexibility index (Phi) is 3.61. The zero-order valence-electron chi connectivity index (χ0n) is 11.8. The Morgan fingerprint density at radius 3 is 2.95 bits per heavy atom. The SMILES string of the molecule is CCC(NC1CC2CC=CC21)c1ccccc1OC. The van der Waals surface area contributed by atoms with Crippen molar-refractivity contribution in [1.82, 2.24) is 5.32 Å². The fraction of sp³-hybridized carbons (Fsp3) is 0.529. The number of hydrogen-bond donors (Lipinski definition) is 1. The molecule has 4 unspecified atom stereocenters. The highest BCUT2D eigenvalue weighted by molar-refractivity contribution is 5.36. The Balaban J connectivity index is 1.72. The monoisotopic (exact) mass is 257 g/mol. The number of para-hydroxylation sites is 1. The van der Waals surface area contributed by atoms with Gasteiger partial charge in [0, 0.05) is 17.6 Å². The molecule has 2 nitrogen and oxygen atoms in total. The van der Waals surface area contributed by atoms with Crippen LogP contribution < -0.4 is 10.1 Å². The fourth-order valence-corrected chi connectivity index (χ4v) is 3.55. The minimum Gasteiger partial charge on any atom is -0.496 e. The fourth-order valence-electron chi connectivity index (χ4n) is 3.55. The van der Waals surface area contributed by atoms with Gasteiger partial charge in [-0.05, 0) is 37.2 Å². The Hall–Kier alpha value is -1.28. The van der Waals surface area contributed by atoms with Crippen molar-refractivity contribution in [2.75, 3.05) is 7.11 Å². The summed E-state index contributed by atoms with van der Waals surface area (Å²) < 4.78 is 5.49. The van der Waals surface area contributed by atoms with Crippen molar-refractivity contribution in [3.63, 3.8) is 0 Å². The second-order valence-corrected chi connectivity index (χ2v) is 5.71. The van der Waals surface area contributed by atoms with Crippen LogP contribution in [0.15, 0.2) is 36.4 Å². The normalized spacial score (nSPS) is 29.7. The zero-order chi connectivity index (χ0) is 13.2. The Morgan fingerprint density at radius 2 is 2.21 bits per heavy atom. The van der Waals surface area contributed by atoms with Crippen LogP contribution in [0, 0.1) is 11.8 Å². The summed E-state index contributed by atoms with van der Waals surface area (Å²) in [6, 6.07) is 9.42. The van der Waals surface area contributed by atoms with Gasteiger partial charge in [-0.25, -0.2) is 0 Å². The van der Waals surface area contributed by atoms with Crippen molar-refractivity contribution in [2.24, 2.45) is 11.8 Å². The van der Waals surface area contributed by atoms with Crippen LogP contribution in [0.25, 0.3) is 0 Å². The summed E-state index contributed by atoms with van der Waals surface area (Å²) in [7, 11) is 1.75. The first kappa shape index (κ1) is 12.7. The van der Waals surface area contributed by atoms with Crippen molar-refractivity contribution in [1.29, 1.82) is 0 Å². The quantitative estimate of drug-likeness (QED) is 0.812. The number of rotatable bonds is 5. The van der Waals surface area contributed by atoms with Crippen LogP contribution >= 0.6 is 0 Å². The van der Waals surface area contributed by atoms with Crippen LogP contribution in [0.2, 0.25) is 0 Å². The third kappa shape index (κ3) is 2.30. The second kappa shape index (κ2) is 5.38. The number of fused-ring (bicyclic) bond motifs is 1. The lowest BCUT2D eigenvalue weighted by Gasteiger charge is -2.43. The predicted octanol–water partition coefficient (Wildman–Crippen LogP) is 3.70. The lowest BCUT2D eigenvalue weighted by Crippen LogP contribution is -2.49. The van der Waals surface area contributed by atoms with E-state index in [0.29, 0.717) is 12.1 Å². The zero-order valence-corrected chi connectivity index (χ0v) is 11.8. The van der Waals surface area contributed by atoms with Gasteiger partial charge in [0.2, 0.25) is 0 Å². The van der Waals surface area contributed by atoms with E-state index < -0.39 is 0 Å². The molecule has 2 aliphatic carbocycles. The lowest BCUT2D eigenvalue weighted by molar-refractivity contribution is 0.148. The van der Waals surface area contributed by atoms with E-state index in [1.54, 1.807) is 7.11 Å². The summed E-state index contributed by atoms with van der Waals surface area (Å²) >= 11 is 0. The van der Waals surface area contributed by atoms with Gasteiger partial charge in [0.15, 0.2) is 0 Å². The Labute approximate surface area is 115 Å². The molecular formula is C17H23NO. The number of ether oxygens (including phenoxy) is 1. The highest BCUT2D eigenvalue weighted by Gasteiger charge is 2.41. The average Bonchev–Trinajstić information content (AvgIpc) is 2.81. The van der Waals surface area contributed by atoms with Gasteiger partial charge in [0.1, 0.15) is 5.75 Å². The van der Waals surface area contributed by atoms with E-state index >= 15 is 0 Å². The first-order chi connectivity index (χ1) is 9.33. The summed E-state index contributed by atoms with van der Waals surface area (Å²) in [6.45, 7) is 2.24. The van der Waals surface area contributed by atoms with Gasteiger partial charge in [0.05, 0.1) is 7.11 Å². The van der Waals surface area contributed by atoms with Crippen molar-refractivity contribution in [3.8, 4) is 5.75 Å². The number of benzene rings is 1. The molecule has 2 aliphatic rings. The molecule has 0 aliphatic heterocycles. The van der Waals surface area contributed by atoms with Crippen LogP contribution in [-0.4, -0.2) is 13.2 Å². The van der Waals surface area contributed by atoms with Crippen molar-refractivity contribution >= 4 is 0 Å². The van der Waals surface area contributed by atoms with E-state index in [-0.39, 0.29) is 0 Å². The van der Waals surface area contributed by atoms with Crippen molar-refractivity contribution in [2.45, 2.75) is 38.3 Å². The molecule has 0 heterocycles. The predicted molar refractivity (Wildman–Crippen MR) is 78.3 cm³/mol. The van der Waals surface area contributed by atoms with Crippen LogP contribution in [-0.2, 0) is 0 Å². The standard InChI is InChI=1S/C17H23NO/c1-3-15(14-8-4-5-10-17(14)19-2)18-16-11-12-7-6-9-13(12)16/h4-6,8-10,12-13,15-16,18H,3,7,11H2,1-2H3. The van der Waals surface area contributed by atoms with Gasteiger partial charge < -0.3 is 10.1 Å². The first-order valence-electron chi connectivity index (χ1n) is 7.39. The third-order valence-corrected chi connectivity index (χ3v) is 4.70. The van der Waals surface area contributed by atoms with Gasteiger partial charge in [-0.3, -0.25) is 0 Å². The van der Waals surface area contributed by atoms with Gasteiger partial charge in [-0.2, -0.15) is 0 Å². The molecule has 0 aromatic heterocycles. The lowest BCUT2D eigenvalue weighted by atomic mass is 9.71. The van der Waals surface area contributed by atoms with Crippen LogP contribution in [0.1, 0.15) is 37.8 Å². The van der Waals surface area contributed by atoms with E-state index in [0.717, 1.165) is 24.0 Å². The molecule has 0 saturated heterocycles. The summed E-state index contributed by atoms with van der Waals surface area (Å²) in [5, 5.41) is 3.83. The molecule has 1 N–H and O–H groups in total. The number of hydrogen-bond acceptors (Lipinski definition) is 2. The molecule has 2 heteroatoms. The minimum atomic E-state index is 0.399. The number of nitrogens with one attached hydrogen (secondary N) is 1. The van der Waals surface area contributed by atoms with E-state index in [1.165, 1.54) is 18.4 Å². The molecule has 3 rings (SSSR count). The molecule has 1 aromatic rings. The van der Waals surface area contributed by atoms with Gasteiger partial charge >= 0.3 is 0 Å². The summed E-state index contributed by atoms with van der Waals surface area (Å²) in [5.41, 5.74) is 1.29. The maximum atomic E-state index is 5.49. The summed E-state index contributed by atoms with van der Waals surface area (Å²) in [4.78, 5) is 0. The minimum absolute atomic E-state index is 0.399. The molecule has 1 fully saturated rings. The molecule has 0 bridgehead atoms. The summed E-state index contributed by atoms with van der Waals surface area (Å²) in [6.07, 6.45) is 8.46. The van der Waals surface area contributed by atoms with Crippen LogP contribution in [0.5, 0.6) is 5.75 Å². The van der Waals surface area contributed by atoms with Gasteiger partial charge in [0.25, 0.3) is 0 Å². The number of methoxy groups -OCH3 is 1. The summed E-state index contributed by atoms with van der Waals surface area (Å²) in [5.74, 6) is 2.68. The molecule has 0 spiro atoms. The van der Waals surface area contributed by atoms with Crippen LogP contribution in [0.3, 0.4) is 0 Å². The number of allylic oxidation sites excluding steroid dienone is 1. The highest BCUT2D eigenvalue weighted by atomic mass is 16.5. The molecule has 102 valence electrons. The molecule has 1 aromatic carbocycles. The van der Waals surface area contributed by atoms with Gasteiger partial charge in [-0.1, -0.05) is 37.3 Å². The molecular weight excluding hydrogens is 234 g/mol. The van der Waals surface area contributed by atoms with Crippen molar-refractivity contribution < 1.29 is 4.74 Å². The highest BCUT2D eigenvalue weighted by Crippen LogP contribution is 2.44.